The SMILES string of the molecule is CN1C2=C(C(=O)CCC2)C(c2cc(Br)cc(Br)c2OCc2cccc(F)c2)C2=C1CCCC2=O. The van der Waals surface area contributed by atoms with Gasteiger partial charge in [-0.25, -0.2) is 4.39 Å². The number of nitrogens with zero attached hydrogens (tertiary/aromatic N) is 1. The molecule has 0 bridgehead atoms. The normalized spacial score (nSPS) is 18.9. The third-order valence-corrected chi connectivity index (χ3v) is 7.91. The zero-order chi connectivity index (χ0) is 24.0. The van der Waals surface area contributed by atoms with E-state index in [0.29, 0.717) is 39.8 Å². The van der Waals surface area contributed by atoms with Crippen LogP contribution in [0.25, 0.3) is 0 Å². The van der Waals surface area contributed by atoms with Crippen molar-refractivity contribution in [1.82, 2.24) is 4.90 Å². The van der Waals surface area contributed by atoms with Gasteiger partial charge in [0, 0.05) is 58.4 Å². The first kappa shape index (κ1) is 23.5. The lowest BCUT2D eigenvalue weighted by atomic mass is 9.71. The average molecular weight is 589 g/mol. The van der Waals surface area contributed by atoms with E-state index >= 15 is 0 Å². The van der Waals surface area contributed by atoms with Gasteiger partial charge in [-0.1, -0.05) is 28.1 Å². The Morgan fingerprint density at radius 1 is 0.971 bits per heavy atom. The Bertz CT molecular complexity index is 1220. The number of hydrogen-bond acceptors (Lipinski definition) is 4. The topological polar surface area (TPSA) is 46.6 Å². The molecule has 0 saturated heterocycles. The molecule has 4 nitrogen and oxygen atoms in total. The second kappa shape index (κ2) is 9.42. The highest BCUT2D eigenvalue weighted by molar-refractivity contribution is 9.11. The summed E-state index contributed by atoms with van der Waals surface area (Å²) in [5.74, 6) is -0.0438. The number of halogens is 3. The van der Waals surface area contributed by atoms with E-state index in [1.54, 1.807) is 6.07 Å². The summed E-state index contributed by atoms with van der Waals surface area (Å²) in [6.07, 6.45) is 4.22. The third-order valence-electron chi connectivity index (χ3n) is 6.86. The Kier molecular flexibility index (Phi) is 6.51. The predicted molar refractivity (Wildman–Crippen MR) is 135 cm³/mol. The van der Waals surface area contributed by atoms with Gasteiger partial charge in [-0.15, -0.1) is 0 Å². The Morgan fingerprint density at radius 3 is 2.24 bits per heavy atom. The van der Waals surface area contributed by atoms with E-state index in [9.17, 15) is 14.0 Å². The molecular formula is C27H24Br2FNO3. The number of rotatable bonds is 4. The van der Waals surface area contributed by atoms with Crippen LogP contribution in [-0.4, -0.2) is 23.5 Å². The summed E-state index contributed by atoms with van der Waals surface area (Å²) in [6.45, 7) is 0.164. The molecule has 2 aromatic rings. The van der Waals surface area contributed by atoms with Crippen LogP contribution in [0.1, 0.15) is 55.6 Å². The van der Waals surface area contributed by atoms with Crippen molar-refractivity contribution < 1.29 is 18.7 Å². The van der Waals surface area contributed by atoms with Crippen LogP contribution in [0.3, 0.4) is 0 Å². The summed E-state index contributed by atoms with van der Waals surface area (Å²) in [5, 5.41) is 0. The molecule has 0 N–H and O–H groups in total. The maximum atomic E-state index is 13.7. The number of ether oxygens (including phenoxy) is 1. The summed E-state index contributed by atoms with van der Waals surface area (Å²) in [7, 11) is 1.98. The summed E-state index contributed by atoms with van der Waals surface area (Å²) in [6, 6.07) is 10.1. The Balaban J connectivity index is 1.67. The fourth-order valence-corrected chi connectivity index (χ4v) is 6.77. The summed E-state index contributed by atoms with van der Waals surface area (Å²) in [4.78, 5) is 28.7. The fourth-order valence-electron chi connectivity index (χ4n) is 5.39. The number of carbonyl (C=O) groups is 2. The van der Waals surface area contributed by atoms with Gasteiger partial charge in [-0.2, -0.15) is 0 Å². The van der Waals surface area contributed by atoms with E-state index in [0.717, 1.165) is 47.1 Å². The van der Waals surface area contributed by atoms with E-state index in [1.807, 2.05) is 25.2 Å². The van der Waals surface area contributed by atoms with Crippen molar-refractivity contribution in [2.45, 2.75) is 51.0 Å². The summed E-state index contributed by atoms with van der Waals surface area (Å²) >= 11 is 7.22. The van der Waals surface area contributed by atoms with Gasteiger partial charge in [-0.05, 0) is 71.4 Å². The van der Waals surface area contributed by atoms with Crippen molar-refractivity contribution in [1.29, 1.82) is 0 Å². The van der Waals surface area contributed by atoms with Crippen LogP contribution in [0, 0.1) is 5.82 Å². The van der Waals surface area contributed by atoms with Crippen molar-refractivity contribution in [2.75, 3.05) is 7.05 Å². The van der Waals surface area contributed by atoms with Gasteiger partial charge in [0.1, 0.15) is 18.2 Å². The van der Waals surface area contributed by atoms with Gasteiger partial charge in [0.15, 0.2) is 11.6 Å². The molecule has 0 atom stereocenters. The van der Waals surface area contributed by atoms with Gasteiger partial charge in [0.25, 0.3) is 0 Å². The molecule has 34 heavy (non-hydrogen) atoms. The van der Waals surface area contributed by atoms with Crippen LogP contribution in [0.4, 0.5) is 4.39 Å². The van der Waals surface area contributed by atoms with Gasteiger partial charge in [0.05, 0.1) is 4.47 Å². The van der Waals surface area contributed by atoms with Crippen molar-refractivity contribution in [2.24, 2.45) is 0 Å². The maximum absolute atomic E-state index is 13.7. The van der Waals surface area contributed by atoms with Gasteiger partial charge < -0.3 is 9.64 Å². The molecule has 7 heteroatoms. The van der Waals surface area contributed by atoms with Gasteiger partial charge in [-0.3, -0.25) is 9.59 Å². The smallest absolute Gasteiger partial charge is 0.161 e. The Labute approximate surface area is 215 Å². The monoisotopic (exact) mass is 587 g/mol. The highest BCUT2D eigenvalue weighted by atomic mass is 79.9. The minimum atomic E-state index is -0.474. The van der Waals surface area contributed by atoms with E-state index in [4.69, 9.17) is 4.74 Å². The zero-order valence-electron chi connectivity index (χ0n) is 18.8. The molecule has 2 aromatic carbocycles. The second-order valence-electron chi connectivity index (χ2n) is 8.99. The van der Waals surface area contributed by atoms with E-state index < -0.39 is 5.92 Å². The average Bonchev–Trinajstić information content (AvgIpc) is 2.79. The molecule has 0 unspecified atom stereocenters. The molecule has 3 aliphatic rings. The first-order chi connectivity index (χ1) is 16.3. The van der Waals surface area contributed by atoms with Crippen molar-refractivity contribution in [3.05, 3.63) is 84.8 Å². The van der Waals surface area contributed by atoms with Gasteiger partial charge >= 0.3 is 0 Å². The number of allylic oxidation sites excluding steroid dienone is 4. The van der Waals surface area contributed by atoms with Crippen LogP contribution >= 0.6 is 31.9 Å². The van der Waals surface area contributed by atoms with Crippen molar-refractivity contribution in [3.8, 4) is 5.75 Å². The fraction of sp³-hybridized carbons (Fsp3) is 0.333. The molecule has 0 radical (unpaired) electrons. The molecule has 0 fully saturated rings. The molecule has 0 spiro atoms. The first-order valence-electron chi connectivity index (χ1n) is 11.5. The molecule has 0 amide bonds. The molecule has 0 saturated carbocycles. The van der Waals surface area contributed by atoms with Crippen molar-refractivity contribution >= 4 is 43.4 Å². The van der Waals surface area contributed by atoms with Crippen LogP contribution < -0.4 is 4.74 Å². The third kappa shape index (κ3) is 4.17. The number of Topliss-reactive ketones (excluding diaryl/α,β-unsaturated/α-hetero) is 2. The first-order valence-corrected chi connectivity index (χ1v) is 13.1. The summed E-state index contributed by atoms with van der Waals surface area (Å²) < 4.78 is 21.5. The lowest BCUT2D eigenvalue weighted by Crippen LogP contribution is -2.37. The maximum Gasteiger partial charge on any atom is 0.161 e. The molecule has 176 valence electrons. The largest absolute Gasteiger partial charge is 0.487 e. The van der Waals surface area contributed by atoms with Crippen LogP contribution in [0.2, 0.25) is 0 Å². The Morgan fingerprint density at radius 2 is 1.62 bits per heavy atom. The molecule has 5 rings (SSSR count). The number of ketones is 2. The standard InChI is InChI=1S/C27H24Br2FNO3/c1-31-20-7-3-9-22(32)25(20)24(26-21(31)8-4-10-23(26)33)18-12-16(28)13-19(29)27(18)34-14-15-5-2-6-17(30)11-15/h2,5-6,11-13,24H,3-4,7-10,14H2,1H3. The van der Waals surface area contributed by atoms with Crippen LogP contribution in [0.5, 0.6) is 5.75 Å². The zero-order valence-corrected chi connectivity index (χ0v) is 22.0. The van der Waals surface area contributed by atoms with E-state index in [-0.39, 0.29) is 24.0 Å². The summed E-state index contributed by atoms with van der Waals surface area (Å²) in [5.41, 5.74) is 4.93. The number of carbonyl (C=O) groups excluding carboxylic acids is 2. The molecule has 1 aliphatic heterocycles. The predicted octanol–water partition coefficient (Wildman–Crippen LogP) is 6.97. The highest BCUT2D eigenvalue weighted by Crippen LogP contribution is 2.52. The highest BCUT2D eigenvalue weighted by Gasteiger charge is 2.43. The molecule has 0 aromatic heterocycles. The minimum Gasteiger partial charge on any atom is -0.487 e. The van der Waals surface area contributed by atoms with Gasteiger partial charge in [0.2, 0.25) is 0 Å². The lowest BCUT2D eigenvalue weighted by molar-refractivity contribution is -0.117. The number of benzene rings is 2. The quantitative estimate of drug-likeness (QED) is 0.387. The molecular weight excluding hydrogens is 565 g/mol. The van der Waals surface area contributed by atoms with Crippen LogP contribution in [-0.2, 0) is 16.2 Å². The molecule has 2 aliphatic carbocycles. The molecule has 1 heterocycles. The van der Waals surface area contributed by atoms with Crippen molar-refractivity contribution in [3.63, 3.8) is 0 Å². The second-order valence-corrected chi connectivity index (χ2v) is 10.8. The minimum absolute atomic E-state index is 0.0928. The number of hydrogen-bond donors (Lipinski definition) is 0. The Hall–Kier alpha value is -2.25. The van der Waals surface area contributed by atoms with Crippen LogP contribution in [0.15, 0.2) is 67.9 Å². The lowest BCUT2D eigenvalue weighted by Gasteiger charge is -2.42. The van der Waals surface area contributed by atoms with E-state index in [1.165, 1.54) is 12.1 Å². The van der Waals surface area contributed by atoms with E-state index in [2.05, 4.69) is 36.8 Å².